The van der Waals surface area contributed by atoms with Gasteiger partial charge in [-0.15, -0.1) is 0 Å². The number of aromatic nitrogens is 1. The van der Waals surface area contributed by atoms with E-state index in [9.17, 15) is 0 Å². The Morgan fingerprint density at radius 2 is 1.82 bits per heavy atom. The summed E-state index contributed by atoms with van der Waals surface area (Å²) in [6.45, 7) is 0.355. The standard InChI is InChI=1S/C14H11N3/c15-7-8-17-13-4-2-1-3-11(13)12-9-10(16)5-6-14(12)17/h1-6,9H,8,16H2. The first-order valence-electron chi connectivity index (χ1n) is 5.44. The number of anilines is 1. The summed E-state index contributed by atoms with van der Waals surface area (Å²) in [5, 5.41) is 11.2. The van der Waals surface area contributed by atoms with Gasteiger partial charge in [0, 0.05) is 16.5 Å². The van der Waals surface area contributed by atoms with E-state index in [0.717, 1.165) is 27.5 Å². The molecule has 2 aromatic carbocycles. The van der Waals surface area contributed by atoms with Crippen molar-refractivity contribution in [3.8, 4) is 6.07 Å². The van der Waals surface area contributed by atoms with Crippen LogP contribution in [0.15, 0.2) is 42.5 Å². The zero-order chi connectivity index (χ0) is 11.8. The van der Waals surface area contributed by atoms with E-state index in [2.05, 4.69) is 12.1 Å². The highest BCUT2D eigenvalue weighted by atomic mass is 15.0. The van der Waals surface area contributed by atoms with E-state index in [0.29, 0.717) is 6.54 Å². The van der Waals surface area contributed by atoms with Crippen LogP contribution in [0.5, 0.6) is 0 Å². The summed E-state index contributed by atoms with van der Waals surface area (Å²) in [6, 6.07) is 16.1. The van der Waals surface area contributed by atoms with Crippen LogP contribution in [0.25, 0.3) is 21.8 Å². The number of rotatable bonds is 1. The molecule has 1 aromatic heterocycles. The number of para-hydroxylation sites is 1. The van der Waals surface area contributed by atoms with Crippen molar-refractivity contribution in [1.82, 2.24) is 4.57 Å². The molecule has 0 spiro atoms. The summed E-state index contributed by atoms with van der Waals surface area (Å²) in [5.41, 5.74) is 8.71. The number of nitrogens with zero attached hydrogens (tertiary/aromatic N) is 2. The van der Waals surface area contributed by atoms with Crippen LogP contribution in [0.3, 0.4) is 0 Å². The van der Waals surface area contributed by atoms with Crippen LogP contribution < -0.4 is 5.73 Å². The van der Waals surface area contributed by atoms with Gasteiger partial charge in [-0.05, 0) is 24.3 Å². The molecular weight excluding hydrogens is 210 g/mol. The summed E-state index contributed by atoms with van der Waals surface area (Å²) in [5.74, 6) is 0. The second kappa shape index (κ2) is 3.53. The molecule has 3 rings (SSSR count). The van der Waals surface area contributed by atoms with Crippen molar-refractivity contribution in [3.63, 3.8) is 0 Å². The zero-order valence-electron chi connectivity index (χ0n) is 9.22. The number of nitrogens with two attached hydrogens (primary N) is 1. The van der Waals surface area contributed by atoms with Crippen LogP contribution in [-0.2, 0) is 6.54 Å². The van der Waals surface area contributed by atoms with E-state index in [1.165, 1.54) is 0 Å². The lowest BCUT2D eigenvalue weighted by molar-refractivity contribution is 0.910. The van der Waals surface area contributed by atoms with Crippen LogP contribution >= 0.6 is 0 Å². The first-order chi connectivity index (χ1) is 8.31. The molecule has 3 nitrogen and oxygen atoms in total. The zero-order valence-corrected chi connectivity index (χ0v) is 9.22. The first kappa shape index (κ1) is 9.73. The third-order valence-electron chi connectivity index (χ3n) is 3.03. The number of nitriles is 1. The molecule has 0 radical (unpaired) electrons. The fourth-order valence-corrected chi connectivity index (χ4v) is 2.31. The average molecular weight is 221 g/mol. The van der Waals surface area contributed by atoms with Crippen molar-refractivity contribution < 1.29 is 0 Å². The molecule has 1 heterocycles. The number of hydrogen-bond acceptors (Lipinski definition) is 2. The predicted molar refractivity (Wildman–Crippen MR) is 69.5 cm³/mol. The predicted octanol–water partition coefficient (Wildman–Crippen LogP) is 2.90. The molecule has 0 atom stereocenters. The number of hydrogen-bond donors (Lipinski definition) is 1. The molecular formula is C14H11N3. The van der Waals surface area contributed by atoms with Gasteiger partial charge in [0.15, 0.2) is 0 Å². The molecule has 0 amide bonds. The highest BCUT2D eigenvalue weighted by molar-refractivity contribution is 6.09. The van der Waals surface area contributed by atoms with Crippen molar-refractivity contribution >= 4 is 27.5 Å². The van der Waals surface area contributed by atoms with E-state index in [-0.39, 0.29) is 0 Å². The number of fused-ring (bicyclic) bond motifs is 3. The van der Waals surface area contributed by atoms with Gasteiger partial charge in [-0.25, -0.2) is 0 Å². The van der Waals surface area contributed by atoms with Crippen LogP contribution in [0.1, 0.15) is 0 Å². The van der Waals surface area contributed by atoms with E-state index in [1.54, 1.807) is 0 Å². The van der Waals surface area contributed by atoms with Crippen molar-refractivity contribution in [1.29, 1.82) is 5.26 Å². The van der Waals surface area contributed by atoms with Crippen LogP contribution in [0, 0.1) is 11.3 Å². The summed E-state index contributed by atoms with van der Waals surface area (Å²) in [6.07, 6.45) is 0. The van der Waals surface area contributed by atoms with Crippen molar-refractivity contribution in [2.75, 3.05) is 5.73 Å². The molecule has 0 bridgehead atoms. The second-order valence-electron chi connectivity index (χ2n) is 4.04. The lowest BCUT2D eigenvalue weighted by Gasteiger charge is -2.00. The summed E-state index contributed by atoms with van der Waals surface area (Å²) >= 11 is 0. The third kappa shape index (κ3) is 1.35. The van der Waals surface area contributed by atoms with Gasteiger partial charge in [0.2, 0.25) is 0 Å². The van der Waals surface area contributed by atoms with Gasteiger partial charge in [0.05, 0.1) is 17.1 Å². The van der Waals surface area contributed by atoms with Gasteiger partial charge in [-0.2, -0.15) is 5.26 Å². The normalized spacial score (nSPS) is 10.8. The number of benzene rings is 2. The Balaban J connectivity index is 2.53. The molecule has 3 aromatic rings. The summed E-state index contributed by atoms with van der Waals surface area (Å²) in [7, 11) is 0. The highest BCUT2D eigenvalue weighted by Gasteiger charge is 2.09. The van der Waals surface area contributed by atoms with E-state index < -0.39 is 0 Å². The largest absolute Gasteiger partial charge is 0.399 e. The van der Waals surface area contributed by atoms with Gasteiger partial charge in [0.1, 0.15) is 6.54 Å². The lowest BCUT2D eigenvalue weighted by atomic mass is 10.1. The quantitative estimate of drug-likeness (QED) is 0.642. The van der Waals surface area contributed by atoms with Crippen LogP contribution in [0.2, 0.25) is 0 Å². The van der Waals surface area contributed by atoms with Gasteiger partial charge < -0.3 is 10.3 Å². The second-order valence-corrected chi connectivity index (χ2v) is 4.04. The summed E-state index contributed by atoms with van der Waals surface area (Å²) < 4.78 is 2.02. The van der Waals surface area contributed by atoms with Gasteiger partial charge in [0.25, 0.3) is 0 Å². The smallest absolute Gasteiger partial charge is 0.110 e. The molecule has 0 aliphatic heterocycles. The molecule has 0 saturated heterocycles. The van der Waals surface area contributed by atoms with Crippen molar-refractivity contribution in [2.24, 2.45) is 0 Å². The van der Waals surface area contributed by atoms with E-state index in [1.807, 2.05) is 41.0 Å². The molecule has 82 valence electrons. The van der Waals surface area contributed by atoms with E-state index >= 15 is 0 Å². The fraction of sp³-hybridized carbons (Fsp3) is 0.0714. The SMILES string of the molecule is N#CCn1c2ccccc2c2cc(N)ccc21. The lowest BCUT2D eigenvalue weighted by Crippen LogP contribution is -1.94. The Bertz CT molecular complexity index is 747. The van der Waals surface area contributed by atoms with Gasteiger partial charge in [-0.3, -0.25) is 0 Å². The fourth-order valence-electron chi connectivity index (χ4n) is 2.31. The van der Waals surface area contributed by atoms with E-state index in [4.69, 9.17) is 11.0 Å². The Labute approximate surface area is 98.7 Å². The average Bonchev–Trinajstić information content (AvgIpc) is 2.65. The third-order valence-corrected chi connectivity index (χ3v) is 3.03. The molecule has 17 heavy (non-hydrogen) atoms. The molecule has 0 unspecified atom stereocenters. The molecule has 0 saturated carbocycles. The van der Waals surface area contributed by atoms with Crippen molar-refractivity contribution in [2.45, 2.75) is 6.54 Å². The van der Waals surface area contributed by atoms with Gasteiger partial charge >= 0.3 is 0 Å². The molecule has 0 aliphatic carbocycles. The molecule has 0 aliphatic rings. The molecule has 0 fully saturated rings. The monoisotopic (exact) mass is 221 g/mol. The maximum absolute atomic E-state index is 8.92. The first-order valence-corrected chi connectivity index (χ1v) is 5.44. The minimum absolute atomic E-state index is 0.355. The Hall–Kier alpha value is -2.47. The minimum atomic E-state index is 0.355. The topological polar surface area (TPSA) is 54.7 Å². The maximum Gasteiger partial charge on any atom is 0.110 e. The highest BCUT2D eigenvalue weighted by Crippen LogP contribution is 2.29. The molecule has 2 N–H and O–H groups in total. The Morgan fingerprint density at radius 3 is 2.65 bits per heavy atom. The van der Waals surface area contributed by atoms with Crippen molar-refractivity contribution in [3.05, 3.63) is 42.5 Å². The summed E-state index contributed by atoms with van der Waals surface area (Å²) in [4.78, 5) is 0. The van der Waals surface area contributed by atoms with Crippen LogP contribution in [0.4, 0.5) is 5.69 Å². The Morgan fingerprint density at radius 1 is 1.06 bits per heavy atom. The number of nitrogen functional groups attached to an aromatic ring is 1. The molecule has 3 heteroatoms. The maximum atomic E-state index is 8.92. The minimum Gasteiger partial charge on any atom is -0.399 e. The van der Waals surface area contributed by atoms with Gasteiger partial charge in [-0.1, -0.05) is 18.2 Å². The van der Waals surface area contributed by atoms with Crippen LogP contribution in [-0.4, -0.2) is 4.57 Å². The Kier molecular flexibility index (Phi) is 2.02.